The first kappa shape index (κ1) is 14.2. The quantitative estimate of drug-likeness (QED) is 0.603. The van der Waals surface area contributed by atoms with Gasteiger partial charge in [0.15, 0.2) is 0 Å². The third kappa shape index (κ3) is 2.04. The monoisotopic (exact) mass is 305 g/mol. The van der Waals surface area contributed by atoms with Crippen LogP contribution in [-0.4, -0.2) is 30.4 Å². The Kier molecular flexibility index (Phi) is 3.38. The molecule has 0 aliphatic carbocycles. The predicted octanol–water partition coefficient (Wildman–Crippen LogP) is -0.00750. The number of amides is 2. The van der Waals surface area contributed by atoms with Gasteiger partial charge >= 0.3 is 5.97 Å². The minimum atomic E-state index is -0.961. The predicted molar refractivity (Wildman–Crippen MR) is 72.6 cm³/mol. The first-order valence-corrected chi connectivity index (χ1v) is 6.61. The van der Waals surface area contributed by atoms with Crippen molar-refractivity contribution in [3.8, 4) is 0 Å². The van der Waals surface area contributed by atoms with Crippen LogP contribution in [0.15, 0.2) is 35.5 Å². The van der Waals surface area contributed by atoms with Crippen molar-refractivity contribution in [2.45, 2.75) is 13.0 Å². The zero-order valence-corrected chi connectivity index (χ0v) is 11.6. The second kappa shape index (κ2) is 5.23. The highest BCUT2D eigenvalue weighted by atomic mass is 19.1. The fraction of sp³-hybridized carbons (Fsp3) is 0.214. The van der Waals surface area contributed by atoms with Crippen molar-refractivity contribution < 1.29 is 23.5 Å². The van der Waals surface area contributed by atoms with Gasteiger partial charge in [0.2, 0.25) is 0 Å². The van der Waals surface area contributed by atoms with E-state index in [9.17, 15) is 18.8 Å². The van der Waals surface area contributed by atoms with Gasteiger partial charge in [0.25, 0.3) is 11.8 Å². The van der Waals surface area contributed by atoms with Crippen LogP contribution in [0.3, 0.4) is 0 Å². The van der Waals surface area contributed by atoms with Crippen LogP contribution in [0.1, 0.15) is 6.92 Å². The van der Waals surface area contributed by atoms with Crippen LogP contribution in [0.2, 0.25) is 0 Å². The van der Waals surface area contributed by atoms with Gasteiger partial charge in [-0.1, -0.05) is 0 Å². The summed E-state index contributed by atoms with van der Waals surface area (Å²) < 4.78 is 17.8. The first-order valence-electron chi connectivity index (χ1n) is 6.61. The normalized spacial score (nSPS) is 20.3. The minimum Gasteiger partial charge on any atom is -0.461 e. The molecule has 7 nitrogen and oxygen atoms in total. The van der Waals surface area contributed by atoms with Gasteiger partial charge in [0.05, 0.1) is 17.9 Å². The molecule has 1 unspecified atom stereocenters. The number of hydrogen-bond acceptors (Lipinski definition) is 6. The average molecular weight is 305 g/mol. The third-order valence-corrected chi connectivity index (χ3v) is 3.36. The molecule has 2 aliphatic rings. The number of carbonyl (C=O) groups excluding carboxylic acids is 3. The van der Waals surface area contributed by atoms with E-state index < -0.39 is 29.6 Å². The summed E-state index contributed by atoms with van der Waals surface area (Å²) in [6, 6.07) is 3.98. The van der Waals surface area contributed by atoms with E-state index in [-0.39, 0.29) is 23.6 Å². The Morgan fingerprint density at radius 1 is 1.32 bits per heavy atom. The molecule has 0 radical (unpaired) electrons. The number of nitrogens with zero attached hydrogens (tertiary/aromatic N) is 1. The molecule has 1 fully saturated rings. The van der Waals surface area contributed by atoms with Gasteiger partial charge in [-0.2, -0.15) is 0 Å². The Morgan fingerprint density at radius 3 is 2.64 bits per heavy atom. The van der Waals surface area contributed by atoms with Gasteiger partial charge in [-0.25, -0.2) is 19.5 Å². The average Bonchev–Trinajstić information content (AvgIpc) is 3.03. The Labute approximate surface area is 124 Å². The number of halogens is 1. The highest BCUT2D eigenvalue weighted by Gasteiger charge is 2.50. The lowest BCUT2D eigenvalue weighted by atomic mass is 10.1. The van der Waals surface area contributed by atoms with E-state index in [1.807, 2.05) is 0 Å². The summed E-state index contributed by atoms with van der Waals surface area (Å²) in [4.78, 5) is 37.5. The summed E-state index contributed by atoms with van der Waals surface area (Å²) in [7, 11) is 0. The zero-order chi connectivity index (χ0) is 15.9. The maximum absolute atomic E-state index is 13.0. The summed E-state index contributed by atoms with van der Waals surface area (Å²) in [5.74, 6) is -2.37. The fourth-order valence-electron chi connectivity index (χ4n) is 2.39. The van der Waals surface area contributed by atoms with E-state index in [1.54, 1.807) is 6.92 Å². The standard InChI is InChI=1S/C14H12FN3O4/c1-2-22-14(21)11-9-10(16-17-11)13(20)18(12(9)19)8-5-3-7(15)4-6-8/h3-6,10,16-17H,2H2,1H3. The molecular weight excluding hydrogens is 293 g/mol. The SMILES string of the molecule is CCOC(=O)C1=C2C(=O)N(c3ccc(F)cc3)C(=O)C2NN1. The lowest BCUT2D eigenvalue weighted by Gasteiger charge is -2.15. The molecule has 1 aromatic carbocycles. The number of nitrogens with one attached hydrogen (secondary N) is 2. The number of anilines is 1. The molecule has 22 heavy (non-hydrogen) atoms. The highest BCUT2D eigenvalue weighted by molar-refractivity contribution is 6.32. The molecule has 1 saturated heterocycles. The molecular formula is C14H12FN3O4. The van der Waals surface area contributed by atoms with Crippen LogP contribution in [-0.2, 0) is 19.1 Å². The number of fused-ring (bicyclic) bond motifs is 1. The number of imide groups is 1. The molecule has 0 bridgehead atoms. The molecule has 1 aromatic rings. The smallest absolute Gasteiger partial charge is 0.356 e. The number of benzene rings is 1. The van der Waals surface area contributed by atoms with Crippen molar-refractivity contribution >= 4 is 23.5 Å². The second-order valence-corrected chi connectivity index (χ2v) is 4.67. The molecule has 2 heterocycles. The molecule has 0 spiro atoms. The Morgan fingerprint density at radius 2 is 2.00 bits per heavy atom. The van der Waals surface area contributed by atoms with Gasteiger partial charge in [0.1, 0.15) is 17.6 Å². The van der Waals surface area contributed by atoms with Crippen molar-refractivity contribution in [2.75, 3.05) is 11.5 Å². The largest absolute Gasteiger partial charge is 0.461 e. The summed E-state index contributed by atoms with van der Waals surface area (Å²) in [5.41, 5.74) is 5.27. The van der Waals surface area contributed by atoms with Crippen molar-refractivity contribution in [3.63, 3.8) is 0 Å². The van der Waals surface area contributed by atoms with Gasteiger partial charge in [0, 0.05) is 0 Å². The third-order valence-electron chi connectivity index (χ3n) is 3.36. The van der Waals surface area contributed by atoms with E-state index in [0.717, 1.165) is 17.0 Å². The summed E-state index contributed by atoms with van der Waals surface area (Å²) in [5, 5.41) is 0. The van der Waals surface area contributed by atoms with Crippen molar-refractivity contribution in [2.24, 2.45) is 0 Å². The number of rotatable bonds is 3. The molecule has 0 aromatic heterocycles. The number of esters is 1. The van der Waals surface area contributed by atoms with Gasteiger partial charge in [-0.05, 0) is 31.2 Å². The maximum atomic E-state index is 13.0. The Hall–Kier alpha value is -2.74. The van der Waals surface area contributed by atoms with Crippen LogP contribution < -0.4 is 15.8 Å². The molecule has 3 rings (SSSR count). The molecule has 0 saturated carbocycles. The molecule has 2 amide bonds. The van der Waals surface area contributed by atoms with Gasteiger partial charge < -0.3 is 10.2 Å². The van der Waals surface area contributed by atoms with E-state index in [2.05, 4.69) is 10.9 Å². The summed E-state index contributed by atoms with van der Waals surface area (Å²) in [6.07, 6.45) is 0. The van der Waals surface area contributed by atoms with Crippen LogP contribution >= 0.6 is 0 Å². The summed E-state index contributed by atoms with van der Waals surface area (Å²) in [6.45, 7) is 1.78. The van der Waals surface area contributed by atoms with E-state index in [0.29, 0.717) is 0 Å². The number of hydrazine groups is 1. The van der Waals surface area contributed by atoms with E-state index >= 15 is 0 Å². The van der Waals surface area contributed by atoms with Crippen LogP contribution in [0.5, 0.6) is 0 Å². The molecule has 2 aliphatic heterocycles. The van der Waals surface area contributed by atoms with E-state index in [1.165, 1.54) is 12.1 Å². The molecule has 8 heteroatoms. The molecule has 2 N–H and O–H groups in total. The summed E-state index contributed by atoms with van der Waals surface area (Å²) >= 11 is 0. The first-order chi connectivity index (χ1) is 10.5. The molecule has 114 valence electrons. The topological polar surface area (TPSA) is 87.7 Å². The van der Waals surface area contributed by atoms with Crippen molar-refractivity contribution in [1.82, 2.24) is 10.9 Å². The van der Waals surface area contributed by atoms with Crippen molar-refractivity contribution in [3.05, 3.63) is 41.4 Å². The zero-order valence-electron chi connectivity index (χ0n) is 11.6. The van der Waals surface area contributed by atoms with Crippen LogP contribution in [0.4, 0.5) is 10.1 Å². The van der Waals surface area contributed by atoms with Crippen LogP contribution in [0, 0.1) is 5.82 Å². The highest BCUT2D eigenvalue weighted by Crippen LogP contribution is 2.30. The Balaban J connectivity index is 1.99. The van der Waals surface area contributed by atoms with Crippen LogP contribution in [0.25, 0.3) is 0 Å². The van der Waals surface area contributed by atoms with Gasteiger partial charge in [-0.15, -0.1) is 0 Å². The van der Waals surface area contributed by atoms with Crippen molar-refractivity contribution in [1.29, 1.82) is 0 Å². The number of hydrogen-bond donors (Lipinski definition) is 2. The number of carbonyl (C=O) groups is 3. The fourth-order valence-corrected chi connectivity index (χ4v) is 2.39. The van der Waals surface area contributed by atoms with E-state index in [4.69, 9.17) is 4.74 Å². The lowest BCUT2D eigenvalue weighted by molar-refractivity contribution is -0.139. The lowest BCUT2D eigenvalue weighted by Crippen LogP contribution is -2.42. The minimum absolute atomic E-state index is 0.00720. The molecule has 1 atom stereocenters. The second-order valence-electron chi connectivity index (χ2n) is 4.67. The number of ether oxygens (including phenoxy) is 1. The Bertz CT molecular complexity index is 699. The maximum Gasteiger partial charge on any atom is 0.356 e. The van der Waals surface area contributed by atoms with Gasteiger partial charge in [-0.3, -0.25) is 9.59 Å².